The number of amides is 1. The molecular formula is C20H23N3O2. The molecule has 2 aromatic carbocycles. The van der Waals surface area contributed by atoms with E-state index >= 15 is 0 Å². The van der Waals surface area contributed by atoms with Crippen molar-refractivity contribution >= 4 is 16.9 Å². The minimum Gasteiger partial charge on any atom is -0.493 e. The van der Waals surface area contributed by atoms with Gasteiger partial charge in [0.25, 0.3) is 0 Å². The number of nitrogens with zero attached hydrogens (tertiary/aromatic N) is 2. The number of hydrogen-bond donors (Lipinski definition) is 1. The van der Waals surface area contributed by atoms with Crippen LogP contribution in [0.25, 0.3) is 11.0 Å². The van der Waals surface area contributed by atoms with Crippen LogP contribution in [0.3, 0.4) is 0 Å². The Balaban J connectivity index is 1.42. The summed E-state index contributed by atoms with van der Waals surface area (Å²) in [5, 5.41) is 2.94. The first kappa shape index (κ1) is 17.0. The maximum atomic E-state index is 11.9. The summed E-state index contributed by atoms with van der Waals surface area (Å²) in [5.74, 6) is 1.79. The summed E-state index contributed by atoms with van der Waals surface area (Å²) in [6, 6.07) is 15.8. The first-order chi connectivity index (χ1) is 12.1. The van der Waals surface area contributed by atoms with Gasteiger partial charge in [-0.1, -0.05) is 24.3 Å². The van der Waals surface area contributed by atoms with Crippen LogP contribution in [-0.4, -0.2) is 28.6 Å². The smallest absolute Gasteiger partial charge is 0.223 e. The van der Waals surface area contributed by atoms with Gasteiger partial charge in [0.05, 0.1) is 24.1 Å². The Morgan fingerprint density at radius 3 is 2.80 bits per heavy atom. The minimum atomic E-state index is 0.00527. The summed E-state index contributed by atoms with van der Waals surface area (Å²) in [5.41, 5.74) is 3.30. The molecule has 1 aromatic heterocycles. The topological polar surface area (TPSA) is 56.1 Å². The highest BCUT2D eigenvalue weighted by Crippen LogP contribution is 2.16. The van der Waals surface area contributed by atoms with E-state index in [0.29, 0.717) is 19.6 Å². The second kappa shape index (κ2) is 7.83. The molecule has 0 saturated carbocycles. The van der Waals surface area contributed by atoms with Gasteiger partial charge >= 0.3 is 0 Å². The van der Waals surface area contributed by atoms with Gasteiger partial charge in [-0.05, 0) is 43.2 Å². The fourth-order valence-corrected chi connectivity index (χ4v) is 2.73. The lowest BCUT2D eigenvalue weighted by molar-refractivity contribution is -0.121. The van der Waals surface area contributed by atoms with Crippen LogP contribution < -0.4 is 10.1 Å². The first-order valence-electron chi connectivity index (χ1n) is 8.50. The van der Waals surface area contributed by atoms with Gasteiger partial charge < -0.3 is 14.6 Å². The van der Waals surface area contributed by atoms with Gasteiger partial charge in [-0.3, -0.25) is 4.79 Å². The van der Waals surface area contributed by atoms with Crippen LogP contribution in [0.5, 0.6) is 5.75 Å². The molecule has 0 aliphatic rings. The number of rotatable bonds is 7. The summed E-state index contributed by atoms with van der Waals surface area (Å²) < 4.78 is 7.61. The fraction of sp³-hybridized carbons (Fsp3) is 0.300. The average molecular weight is 337 g/mol. The van der Waals surface area contributed by atoms with Gasteiger partial charge in [-0.15, -0.1) is 0 Å². The molecule has 0 spiro atoms. The maximum Gasteiger partial charge on any atom is 0.223 e. The zero-order valence-electron chi connectivity index (χ0n) is 14.7. The van der Waals surface area contributed by atoms with Crippen LogP contribution in [0.2, 0.25) is 0 Å². The molecule has 5 nitrogen and oxygen atoms in total. The molecule has 25 heavy (non-hydrogen) atoms. The maximum absolute atomic E-state index is 11.9. The number of ether oxygens (including phenoxy) is 1. The highest BCUT2D eigenvalue weighted by atomic mass is 16.5. The second-order valence-electron chi connectivity index (χ2n) is 6.05. The average Bonchev–Trinajstić information content (AvgIpc) is 2.90. The second-order valence-corrected chi connectivity index (χ2v) is 6.05. The number of hydrogen-bond acceptors (Lipinski definition) is 3. The van der Waals surface area contributed by atoms with Crippen molar-refractivity contribution in [3.63, 3.8) is 0 Å². The number of para-hydroxylation sites is 1. The highest BCUT2D eigenvalue weighted by molar-refractivity contribution is 5.77. The van der Waals surface area contributed by atoms with Crippen molar-refractivity contribution in [1.82, 2.24) is 14.9 Å². The van der Waals surface area contributed by atoms with Gasteiger partial charge in [0, 0.05) is 13.6 Å². The number of aromatic nitrogens is 2. The zero-order valence-corrected chi connectivity index (χ0v) is 14.7. The Morgan fingerprint density at radius 1 is 1.20 bits per heavy atom. The number of imidazole rings is 1. The third kappa shape index (κ3) is 4.38. The lowest BCUT2D eigenvalue weighted by Crippen LogP contribution is -2.27. The highest BCUT2D eigenvalue weighted by Gasteiger charge is 2.06. The van der Waals surface area contributed by atoms with Crippen LogP contribution in [0, 0.1) is 6.92 Å². The van der Waals surface area contributed by atoms with E-state index in [4.69, 9.17) is 4.74 Å². The van der Waals surface area contributed by atoms with Crippen molar-refractivity contribution in [2.75, 3.05) is 13.2 Å². The minimum absolute atomic E-state index is 0.00527. The summed E-state index contributed by atoms with van der Waals surface area (Å²) in [6.07, 6.45) is 1.14. The number of carbonyl (C=O) groups excluding carboxylic acids is 1. The normalized spacial score (nSPS) is 10.8. The van der Waals surface area contributed by atoms with E-state index in [1.165, 1.54) is 5.56 Å². The summed E-state index contributed by atoms with van der Waals surface area (Å²) >= 11 is 0. The Bertz CT molecular complexity index is 856. The Morgan fingerprint density at radius 2 is 2.00 bits per heavy atom. The van der Waals surface area contributed by atoms with E-state index in [9.17, 15) is 4.79 Å². The molecule has 0 unspecified atom stereocenters. The molecule has 0 radical (unpaired) electrons. The lowest BCUT2D eigenvalue weighted by Gasteiger charge is -2.07. The Kier molecular flexibility index (Phi) is 5.33. The fourth-order valence-electron chi connectivity index (χ4n) is 2.73. The molecule has 0 fully saturated rings. The molecule has 0 aliphatic carbocycles. The quantitative estimate of drug-likeness (QED) is 0.721. The van der Waals surface area contributed by atoms with Gasteiger partial charge in [0.15, 0.2) is 0 Å². The number of fused-ring (bicyclic) bond motifs is 1. The molecule has 5 heteroatoms. The van der Waals surface area contributed by atoms with Crippen molar-refractivity contribution < 1.29 is 9.53 Å². The Hall–Kier alpha value is -2.82. The van der Waals surface area contributed by atoms with E-state index in [1.807, 2.05) is 44.3 Å². The van der Waals surface area contributed by atoms with E-state index in [1.54, 1.807) is 0 Å². The molecule has 130 valence electrons. The van der Waals surface area contributed by atoms with Crippen LogP contribution in [-0.2, 0) is 18.3 Å². The van der Waals surface area contributed by atoms with Gasteiger partial charge in [0.1, 0.15) is 11.6 Å². The van der Waals surface area contributed by atoms with E-state index in [-0.39, 0.29) is 5.91 Å². The van der Waals surface area contributed by atoms with Crippen molar-refractivity contribution in [2.24, 2.45) is 7.05 Å². The largest absolute Gasteiger partial charge is 0.493 e. The molecular weight excluding hydrogens is 314 g/mol. The van der Waals surface area contributed by atoms with Crippen molar-refractivity contribution in [1.29, 1.82) is 0 Å². The zero-order chi connectivity index (χ0) is 17.6. The molecule has 0 aliphatic heterocycles. The third-order valence-electron chi connectivity index (χ3n) is 4.25. The first-order valence-corrected chi connectivity index (χ1v) is 8.50. The van der Waals surface area contributed by atoms with Gasteiger partial charge in [-0.25, -0.2) is 4.98 Å². The predicted octanol–water partition coefficient (Wildman–Crippen LogP) is 3.01. The van der Waals surface area contributed by atoms with E-state index in [2.05, 4.69) is 33.1 Å². The predicted molar refractivity (Wildman–Crippen MR) is 98.7 cm³/mol. The summed E-state index contributed by atoms with van der Waals surface area (Å²) in [7, 11) is 2.02. The molecule has 0 atom stereocenters. The molecule has 3 aromatic rings. The van der Waals surface area contributed by atoms with E-state index < -0.39 is 0 Å². The van der Waals surface area contributed by atoms with Crippen LogP contribution >= 0.6 is 0 Å². The number of nitrogens with one attached hydrogen (secondary N) is 1. The lowest BCUT2D eigenvalue weighted by atomic mass is 10.1. The molecule has 1 heterocycles. The number of benzene rings is 2. The molecule has 1 N–H and O–H groups in total. The van der Waals surface area contributed by atoms with Crippen LogP contribution in [0.4, 0.5) is 0 Å². The van der Waals surface area contributed by atoms with Crippen molar-refractivity contribution in [2.45, 2.75) is 19.8 Å². The summed E-state index contributed by atoms with van der Waals surface area (Å²) in [4.78, 5) is 16.4. The van der Waals surface area contributed by atoms with Crippen LogP contribution in [0.1, 0.15) is 17.8 Å². The van der Waals surface area contributed by atoms with Crippen LogP contribution in [0.15, 0.2) is 48.5 Å². The molecule has 1 amide bonds. The summed E-state index contributed by atoms with van der Waals surface area (Å²) in [6.45, 7) is 2.99. The van der Waals surface area contributed by atoms with Crippen molar-refractivity contribution in [3.05, 3.63) is 59.9 Å². The molecule has 0 saturated heterocycles. The standard InChI is InChI=1S/C20H23N3O2/c1-15-22-18-14-16(8-9-19(18)23(15)2)10-12-21-20(24)11-13-25-17-6-4-3-5-7-17/h3-9,14H,10-13H2,1-2H3,(H,21,24). The SMILES string of the molecule is Cc1nc2cc(CCNC(=O)CCOc3ccccc3)ccc2n1C. The van der Waals surface area contributed by atoms with Gasteiger partial charge in [-0.2, -0.15) is 0 Å². The monoisotopic (exact) mass is 337 g/mol. The van der Waals surface area contributed by atoms with Gasteiger partial charge in [0.2, 0.25) is 5.91 Å². The molecule has 3 rings (SSSR count). The molecule has 0 bridgehead atoms. The van der Waals surface area contributed by atoms with Crippen molar-refractivity contribution in [3.8, 4) is 5.75 Å². The third-order valence-corrected chi connectivity index (χ3v) is 4.25. The van der Waals surface area contributed by atoms with E-state index in [0.717, 1.165) is 29.0 Å². The number of aryl methyl sites for hydroxylation is 2. The Labute approximate surface area is 147 Å². The number of carbonyl (C=O) groups is 1.